The Hall–Kier alpha value is -6.89. The molecule has 0 saturated carbocycles. The molecule has 248 valence electrons. The zero-order valence-corrected chi connectivity index (χ0v) is 29.2. The third kappa shape index (κ3) is 4.73. The van der Waals surface area contributed by atoms with E-state index in [1.807, 2.05) is 12.1 Å². The Morgan fingerprint density at radius 3 is 1.79 bits per heavy atom. The lowest BCUT2D eigenvalue weighted by atomic mass is 10.0. The minimum absolute atomic E-state index is 0.649. The zero-order chi connectivity index (χ0) is 34.9. The first-order valence-electron chi connectivity index (χ1n) is 17.7. The predicted molar refractivity (Wildman–Crippen MR) is 220 cm³/mol. The highest BCUT2D eigenvalue weighted by molar-refractivity contribution is 7.23. The van der Waals surface area contributed by atoms with Gasteiger partial charge in [0.05, 0.1) is 43.8 Å². The van der Waals surface area contributed by atoms with Crippen LogP contribution < -0.4 is 0 Å². The van der Waals surface area contributed by atoms with Crippen LogP contribution in [0, 0.1) is 0 Å². The molecule has 0 fully saturated rings. The summed E-state index contributed by atoms with van der Waals surface area (Å²) in [4.78, 5) is 16.7. The smallest absolute Gasteiger partial charge is 0.235 e. The van der Waals surface area contributed by atoms with Gasteiger partial charge < -0.3 is 0 Å². The van der Waals surface area contributed by atoms with Crippen LogP contribution in [0.25, 0.3) is 98.7 Å². The van der Waals surface area contributed by atoms with E-state index in [-0.39, 0.29) is 0 Å². The first-order valence-corrected chi connectivity index (χ1v) is 18.5. The summed E-state index contributed by atoms with van der Waals surface area (Å²) in [5, 5.41) is 3.31. The molecule has 11 rings (SSSR count). The van der Waals surface area contributed by atoms with Crippen LogP contribution in [0.4, 0.5) is 0 Å². The van der Waals surface area contributed by atoms with Gasteiger partial charge in [-0.15, -0.1) is 0 Å². The van der Waals surface area contributed by atoms with Gasteiger partial charge in [0.2, 0.25) is 5.95 Å². The number of para-hydroxylation sites is 2. The van der Waals surface area contributed by atoms with Gasteiger partial charge in [-0.2, -0.15) is 0 Å². The van der Waals surface area contributed by atoms with E-state index in [9.17, 15) is 0 Å². The lowest BCUT2D eigenvalue weighted by molar-refractivity contribution is 1.01. The van der Waals surface area contributed by atoms with Crippen molar-refractivity contribution in [1.29, 1.82) is 0 Å². The molecule has 5 nitrogen and oxygen atoms in total. The summed E-state index contributed by atoms with van der Waals surface area (Å²) in [5.74, 6) is 0.649. The fraction of sp³-hybridized carbons (Fsp3) is 0. The third-order valence-electron chi connectivity index (χ3n) is 10.2. The standard InChI is InChI=1S/C47H29N5S/c1-4-14-30(15-5-1)33-25-27-42-41(29-33)52-45(44(50-47(52)53-42)32-18-8-3-9-19-32)34-24-26-40-37(28-34)35-20-11-13-23-39(35)51(40)46-48-38-22-12-10-21-36(38)43(49-46)31-16-6-2-7-17-31/h1-29H. The van der Waals surface area contributed by atoms with Crippen molar-refractivity contribution in [2.75, 3.05) is 0 Å². The molecule has 4 aromatic heterocycles. The molecule has 7 aromatic carbocycles. The summed E-state index contributed by atoms with van der Waals surface area (Å²) in [7, 11) is 0. The highest BCUT2D eigenvalue weighted by Crippen LogP contribution is 2.42. The summed E-state index contributed by atoms with van der Waals surface area (Å²) in [6, 6.07) is 61.9. The Kier molecular flexibility index (Phi) is 6.66. The summed E-state index contributed by atoms with van der Waals surface area (Å²) >= 11 is 1.73. The number of benzene rings is 7. The fourth-order valence-corrected chi connectivity index (χ4v) is 8.76. The van der Waals surface area contributed by atoms with Gasteiger partial charge in [0.25, 0.3) is 0 Å². The Morgan fingerprint density at radius 2 is 1.02 bits per heavy atom. The van der Waals surface area contributed by atoms with E-state index < -0.39 is 0 Å². The number of rotatable bonds is 5. The molecular formula is C47H29N5S. The fourth-order valence-electron chi connectivity index (χ4n) is 7.76. The van der Waals surface area contributed by atoms with Crippen molar-refractivity contribution >= 4 is 59.2 Å². The quantitative estimate of drug-likeness (QED) is 0.180. The maximum atomic E-state index is 5.32. The van der Waals surface area contributed by atoms with E-state index >= 15 is 0 Å². The molecule has 0 N–H and O–H groups in total. The van der Waals surface area contributed by atoms with E-state index in [0.29, 0.717) is 5.95 Å². The van der Waals surface area contributed by atoms with E-state index in [1.54, 1.807) is 11.3 Å². The lowest BCUT2D eigenvalue weighted by Gasteiger charge is -2.12. The van der Waals surface area contributed by atoms with Gasteiger partial charge in [-0.3, -0.25) is 8.97 Å². The summed E-state index contributed by atoms with van der Waals surface area (Å²) < 4.78 is 5.77. The van der Waals surface area contributed by atoms with Crippen molar-refractivity contribution < 1.29 is 0 Å². The van der Waals surface area contributed by atoms with Crippen LogP contribution in [-0.4, -0.2) is 23.9 Å². The molecule has 0 unspecified atom stereocenters. The molecule has 4 heterocycles. The van der Waals surface area contributed by atoms with Gasteiger partial charge >= 0.3 is 0 Å². The molecule has 0 aliphatic carbocycles. The number of thiazole rings is 1. The second-order valence-corrected chi connectivity index (χ2v) is 14.3. The van der Waals surface area contributed by atoms with Crippen molar-refractivity contribution in [2.24, 2.45) is 0 Å². The van der Waals surface area contributed by atoms with E-state index in [4.69, 9.17) is 15.0 Å². The minimum Gasteiger partial charge on any atom is -0.282 e. The Balaban J connectivity index is 1.18. The summed E-state index contributed by atoms with van der Waals surface area (Å²) in [6.45, 7) is 0. The zero-order valence-electron chi connectivity index (χ0n) is 28.4. The van der Waals surface area contributed by atoms with Crippen molar-refractivity contribution in [3.05, 3.63) is 176 Å². The third-order valence-corrected chi connectivity index (χ3v) is 11.2. The number of aromatic nitrogens is 5. The van der Waals surface area contributed by atoms with Crippen LogP contribution >= 0.6 is 11.3 Å². The van der Waals surface area contributed by atoms with Gasteiger partial charge in [0.1, 0.15) is 0 Å². The second kappa shape index (κ2) is 11.8. The Bertz CT molecular complexity index is 3160. The molecule has 0 bridgehead atoms. The van der Waals surface area contributed by atoms with Crippen LogP contribution in [0.1, 0.15) is 0 Å². The van der Waals surface area contributed by atoms with Gasteiger partial charge in [-0.1, -0.05) is 151 Å². The highest BCUT2D eigenvalue weighted by atomic mass is 32.1. The molecule has 0 aliphatic heterocycles. The Morgan fingerprint density at radius 1 is 0.396 bits per heavy atom. The summed E-state index contributed by atoms with van der Waals surface area (Å²) in [5.41, 5.74) is 12.8. The summed E-state index contributed by atoms with van der Waals surface area (Å²) in [6.07, 6.45) is 0. The molecule has 11 aromatic rings. The van der Waals surface area contributed by atoms with E-state index in [2.05, 4.69) is 173 Å². The molecule has 0 aliphatic rings. The highest BCUT2D eigenvalue weighted by Gasteiger charge is 2.23. The van der Waals surface area contributed by atoms with Gasteiger partial charge in [-0.05, 0) is 47.5 Å². The maximum Gasteiger partial charge on any atom is 0.235 e. The number of nitrogens with zero attached hydrogens (tertiary/aromatic N) is 5. The second-order valence-electron chi connectivity index (χ2n) is 13.3. The first kappa shape index (κ1) is 29.8. The van der Waals surface area contributed by atoms with E-state index in [0.717, 1.165) is 77.0 Å². The SMILES string of the molecule is c1ccc(-c2ccc3sc4nc(-c5ccccc5)c(-c5ccc6c(c5)c5ccccc5n6-c5nc(-c6ccccc6)c6ccccc6n5)n4c3c2)cc1. The first-order chi connectivity index (χ1) is 26.3. The van der Waals surface area contributed by atoms with Crippen molar-refractivity contribution in [1.82, 2.24) is 23.9 Å². The molecule has 0 atom stereocenters. The molecule has 0 radical (unpaired) electrons. The van der Waals surface area contributed by atoms with Crippen molar-refractivity contribution in [3.8, 4) is 50.8 Å². The van der Waals surface area contributed by atoms with Crippen LogP contribution in [0.3, 0.4) is 0 Å². The normalized spacial score (nSPS) is 11.8. The van der Waals surface area contributed by atoms with Crippen LogP contribution in [0.15, 0.2) is 176 Å². The average molecular weight is 696 g/mol. The van der Waals surface area contributed by atoms with E-state index in [1.165, 1.54) is 15.8 Å². The lowest BCUT2D eigenvalue weighted by Crippen LogP contribution is -2.03. The van der Waals surface area contributed by atoms with Crippen molar-refractivity contribution in [2.45, 2.75) is 0 Å². The van der Waals surface area contributed by atoms with Crippen LogP contribution in [0.2, 0.25) is 0 Å². The molecule has 0 saturated heterocycles. The Labute approximate surface area is 308 Å². The number of hydrogen-bond acceptors (Lipinski definition) is 4. The number of hydrogen-bond donors (Lipinski definition) is 0. The molecule has 0 amide bonds. The molecule has 6 heteroatoms. The van der Waals surface area contributed by atoms with Crippen LogP contribution in [0.5, 0.6) is 0 Å². The topological polar surface area (TPSA) is 48.0 Å². The average Bonchev–Trinajstić information content (AvgIpc) is 3.89. The van der Waals surface area contributed by atoms with Gasteiger partial charge in [-0.25, -0.2) is 15.0 Å². The van der Waals surface area contributed by atoms with Gasteiger partial charge in [0, 0.05) is 32.8 Å². The number of imidazole rings is 1. The molecule has 0 spiro atoms. The molecular weight excluding hydrogens is 667 g/mol. The number of fused-ring (bicyclic) bond motifs is 7. The van der Waals surface area contributed by atoms with Crippen molar-refractivity contribution in [3.63, 3.8) is 0 Å². The van der Waals surface area contributed by atoms with Crippen LogP contribution in [-0.2, 0) is 0 Å². The largest absolute Gasteiger partial charge is 0.282 e. The maximum absolute atomic E-state index is 5.32. The molecule has 53 heavy (non-hydrogen) atoms. The van der Waals surface area contributed by atoms with Gasteiger partial charge in [0.15, 0.2) is 4.96 Å². The predicted octanol–water partition coefficient (Wildman–Crippen LogP) is 12.3. The monoisotopic (exact) mass is 695 g/mol. The minimum atomic E-state index is 0.649.